The van der Waals surface area contributed by atoms with E-state index in [1.807, 2.05) is 0 Å². The third-order valence-electron chi connectivity index (χ3n) is 2.10. The monoisotopic (exact) mass is 184 g/mol. The van der Waals surface area contributed by atoms with Crippen molar-refractivity contribution in [2.24, 2.45) is 5.90 Å². The molecule has 2 N–H and O–H groups in total. The first kappa shape index (κ1) is 9.88. The Morgan fingerprint density at radius 1 is 1.85 bits per heavy atom. The van der Waals surface area contributed by atoms with Gasteiger partial charge in [0.1, 0.15) is 6.10 Å². The van der Waals surface area contributed by atoms with Crippen LogP contribution in [-0.2, 0) is 4.84 Å². The summed E-state index contributed by atoms with van der Waals surface area (Å²) in [6.45, 7) is 1.70. The summed E-state index contributed by atoms with van der Waals surface area (Å²) < 4.78 is 0. The molecule has 0 aromatic carbocycles. The van der Waals surface area contributed by atoms with Crippen LogP contribution in [0.2, 0.25) is 0 Å². The average Bonchev–Trinajstić information content (AvgIpc) is 2.16. The molecule has 0 heterocycles. The van der Waals surface area contributed by atoms with Crippen LogP contribution in [0.3, 0.4) is 0 Å². The van der Waals surface area contributed by atoms with Crippen LogP contribution in [-0.4, -0.2) is 17.1 Å². The van der Waals surface area contributed by atoms with Crippen LogP contribution in [0.15, 0.2) is 23.8 Å². The summed E-state index contributed by atoms with van der Waals surface area (Å²) in [5.74, 6) is 4.98. The van der Waals surface area contributed by atoms with Gasteiger partial charge in [-0.25, -0.2) is 5.90 Å². The lowest BCUT2D eigenvalue weighted by Gasteiger charge is -2.18. The quantitative estimate of drug-likeness (QED) is 0.519. The topological polar surface area (TPSA) is 78.4 Å². The lowest BCUT2D eigenvalue weighted by molar-refractivity contribution is -0.512. The highest BCUT2D eigenvalue weighted by Gasteiger charge is 2.29. The molecule has 1 rings (SSSR count). The third-order valence-corrected chi connectivity index (χ3v) is 2.10. The Kier molecular flexibility index (Phi) is 3.16. The molecule has 13 heavy (non-hydrogen) atoms. The zero-order valence-electron chi connectivity index (χ0n) is 7.34. The van der Waals surface area contributed by atoms with Gasteiger partial charge in [-0.1, -0.05) is 18.2 Å². The smallest absolute Gasteiger partial charge is 0.240 e. The van der Waals surface area contributed by atoms with Crippen molar-refractivity contribution < 1.29 is 9.76 Å². The van der Waals surface area contributed by atoms with Gasteiger partial charge in [-0.2, -0.15) is 0 Å². The number of nitrogens with zero attached hydrogens (tertiary/aromatic N) is 1. The molecule has 2 atom stereocenters. The molecular formula is C8H12N2O3. The second-order valence-electron chi connectivity index (χ2n) is 2.91. The zero-order valence-corrected chi connectivity index (χ0v) is 7.34. The van der Waals surface area contributed by atoms with Gasteiger partial charge >= 0.3 is 0 Å². The van der Waals surface area contributed by atoms with Gasteiger partial charge in [-0.05, 0) is 6.92 Å². The minimum atomic E-state index is -0.691. The van der Waals surface area contributed by atoms with E-state index in [4.69, 9.17) is 5.90 Å². The maximum absolute atomic E-state index is 10.6. The number of rotatable bonds is 3. The summed E-state index contributed by atoms with van der Waals surface area (Å²) >= 11 is 0. The number of nitrogens with two attached hydrogens (primary N) is 1. The number of hydrogen-bond acceptors (Lipinski definition) is 4. The second kappa shape index (κ2) is 4.15. The van der Waals surface area contributed by atoms with Crippen molar-refractivity contribution >= 4 is 0 Å². The number of nitro groups is 1. The van der Waals surface area contributed by atoms with Crippen molar-refractivity contribution in [3.8, 4) is 0 Å². The highest BCUT2D eigenvalue weighted by atomic mass is 16.6. The first-order valence-corrected chi connectivity index (χ1v) is 4.02. The lowest BCUT2D eigenvalue weighted by Crippen LogP contribution is -2.31. The van der Waals surface area contributed by atoms with E-state index in [1.54, 1.807) is 25.2 Å². The van der Waals surface area contributed by atoms with Gasteiger partial charge < -0.3 is 0 Å². The van der Waals surface area contributed by atoms with Gasteiger partial charge in [0.25, 0.3) is 0 Å². The second-order valence-corrected chi connectivity index (χ2v) is 2.91. The Bertz CT molecular complexity index is 260. The summed E-state index contributed by atoms with van der Waals surface area (Å²) in [7, 11) is 0. The SMILES string of the molecule is CC(ON)C1=CC=CCC1[N+](=O)[O-]. The fraction of sp³-hybridized carbons (Fsp3) is 0.500. The van der Waals surface area contributed by atoms with E-state index < -0.39 is 12.1 Å². The van der Waals surface area contributed by atoms with E-state index in [2.05, 4.69) is 4.84 Å². The first-order chi connectivity index (χ1) is 6.16. The Morgan fingerprint density at radius 2 is 2.54 bits per heavy atom. The molecule has 1 aliphatic carbocycles. The van der Waals surface area contributed by atoms with Crippen molar-refractivity contribution in [1.29, 1.82) is 0 Å². The van der Waals surface area contributed by atoms with Crippen LogP contribution in [0.4, 0.5) is 0 Å². The molecule has 72 valence electrons. The third kappa shape index (κ3) is 2.13. The fourth-order valence-corrected chi connectivity index (χ4v) is 1.33. The molecule has 0 bridgehead atoms. The molecule has 0 radical (unpaired) electrons. The standard InChI is InChI=1S/C8H12N2O3/c1-6(13-9)7-4-2-3-5-8(7)10(11)12/h2-4,6,8H,5,9H2,1H3. The van der Waals surface area contributed by atoms with Crippen molar-refractivity contribution in [2.75, 3.05) is 0 Å². The van der Waals surface area contributed by atoms with Gasteiger partial charge in [0.15, 0.2) is 0 Å². The molecule has 0 saturated carbocycles. The fourth-order valence-electron chi connectivity index (χ4n) is 1.33. The molecule has 0 aromatic rings. The molecule has 0 fully saturated rings. The summed E-state index contributed by atoms with van der Waals surface area (Å²) in [5.41, 5.74) is 0.620. The van der Waals surface area contributed by atoms with Gasteiger partial charge in [0.2, 0.25) is 6.04 Å². The zero-order chi connectivity index (χ0) is 9.84. The van der Waals surface area contributed by atoms with E-state index in [9.17, 15) is 10.1 Å². The molecule has 0 aliphatic heterocycles. The largest absolute Gasteiger partial charge is 0.297 e. The van der Waals surface area contributed by atoms with Crippen LogP contribution in [0.1, 0.15) is 13.3 Å². The molecular weight excluding hydrogens is 172 g/mol. The van der Waals surface area contributed by atoms with Crippen LogP contribution in [0, 0.1) is 10.1 Å². The van der Waals surface area contributed by atoms with Crippen molar-refractivity contribution in [3.63, 3.8) is 0 Å². The Morgan fingerprint density at radius 3 is 3.08 bits per heavy atom. The molecule has 0 amide bonds. The van der Waals surface area contributed by atoms with E-state index in [1.165, 1.54) is 0 Å². The predicted molar refractivity (Wildman–Crippen MR) is 47.4 cm³/mol. The van der Waals surface area contributed by atoms with E-state index in [0.29, 0.717) is 12.0 Å². The van der Waals surface area contributed by atoms with Crippen LogP contribution in [0.25, 0.3) is 0 Å². The van der Waals surface area contributed by atoms with Crippen molar-refractivity contribution in [1.82, 2.24) is 0 Å². The maximum Gasteiger partial charge on any atom is 0.240 e. The summed E-state index contributed by atoms with van der Waals surface area (Å²) in [6, 6.07) is -0.691. The summed E-state index contributed by atoms with van der Waals surface area (Å²) in [5, 5.41) is 10.6. The van der Waals surface area contributed by atoms with Crippen LogP contribution < -0.4 is 5.90 Å². The lowest BCUT2D eigenvalue weighted by atomic mass is 9.96. The minimum Gasteiger partial charge on any atom is -0.297 e. The number of allylic oxidation sites excluding steroid dienone is 2. The predicted octanol–water partition coefficient (Wildman–Crippen LogP) is 0.797. The van der Waals surface area contributed by atoms with Gasteiger partial charge in [0, 0.05) is 16.9 Å². The van der Waals surface area contributed by atoms with Crippen LogP contribution >= 0.6 is 0 Å². The highest BCUT2D eigenvalue weighted by Crippen LogP contribution is 2.20. The Labute approximate surface area is 76.0 Å². The Hall–Kier alpha value is -1.20. The van der Waals surface area contributed by atoms with Gasteiger partial charge in [-0.15, -0.1) is 0 Å². The van der Waals surface area contributed by atoms with Gasteiger partial charge in [-0.3, -0.25) is 15.0 Å². The van der Waals surface area contributed by atoms with Gasteiger partial charge in [0.05, 0.1) is 0 Å². The Balaban J connectivity index is 2.82. The molecule has 1 aliphatic rings. The number of hydrogen-bond donors (Lipinski definition) is 1. The first-order valence-electron chi connectivity index (χ1n) is 4.02. The van der Waals surface area contributed by atoms with E-state index in [0.717, 1.165) is 0 Å². The molecule has 0 aromatic heterocycles. The molecule has 2 unspecified atom stereocenters. The molecule has 0 saturated heterocycles. The normalized spacial score (nSPS) is 23.8. The van der Waals surface area contributed by atoms with E-state index >= 15 is 0 Å². The molecule has 5 nitrogen and oxygen atoms in total. The van der Waals surface area contributed by atoms with Crippen molar-refractivity contribution in [3.05, 3.63) is 33.9 Å². The summed E-state index contributed by atoms with van der Waals surface area (Å²) in [6.07, 6.45) is 5.24. The highest BCUT2D eigenvalue weighted by molar-refractivity contribution is 5.24. The minimum absolute atomic E-state index is 0.315. The summed E-state index contributed by atoms with van der Waals surface area (Å²) in [4.78, 5) is 14.9. The molecule has 0 spiro atoms. The maximum atomic E-state index is 10.6. The average molecular weight is 184 g/mol. The van der Waals surface area contributed by atoms with Crippen molar-refractivity contribution in [2.45, 2.75) is 25.5 Å². The van der Waals surface area contributed by atoms with E-state index in [-0.39, 0.29) is 4.92 Å². The molecule has 5 heteroatoms. The van der Waals surface area contributed by atoms with Crippen LogP contribution in [0.5, 0.6) is 0 Å².